The van der Waals surface area contributed by atoms with Crippen LogP contribution in [0.3, 0.4) is 0 Å². The van der Waals surface area contributed by atoms with Crippen LogP contribution in [-0.4, -0.2) is 31.6 Å². The first-order valence-corrected chi connectivity index (χ1v) is 5.20. The molecule has 1 aromatic rings. The molecular weight excluding hydrogens is 224 g/mol. The molecule has 0 heterocycles. The molecule has 3 nitrogen and oxygen atoms in total. The van der Waals surface area contributed by atoms with E-state index >= 15 is 0 Å². The van der Waals surface area contributed by atoms with Crippen molar-refractivity contribution in [3.8, 4) is 5.75 Å². The molecule has 0 aliphatic heterocycles. The Hall–Kier alpha value is -0.770. The lowest BCUT2D eigenvalue weighted by Crippen LogP contribution is -2.34. The summed E-state index contributed by atoms with van der Waals surface area (Å²) in [6.07, 6.45) is 0. The standard InChI is InChI=1S/C12H20N2O.ClH/c1-10(8-13)14(2)9-11-5-4-6-12(7-11)15-3;/h4-7,10H,8-9,13H2,1-3H3;1H. The molecular formula is C12H21ClN2O. The highest BCUT2D eigenvalue weighted by Crippen LogP contribution is 2.14. The van der Waals surface area contributed by atoms with E-state index in [9.17, 15) is 0 Å². The highest BCUT2D eigenvalue weighted by molar-refractivity contribution is 5.85. The van der Waals surface area contributed by atoms with Crippen molar-refractivity contribution in [2.75, 3.05) is 20.7 Å². The van der Waals surface area contributed by atoms with Gasteiger partial charge in [0.05, 0.1) is 7.11 Å². The lowest BCUT2D eigenvalue weighted by atomic mass is 10.2. The van der Waals surface area contributed by atoms with Crippen LogP contribution in [0.2, 0.25) is 0 Å². The van der Waals surface area contributed by atoms with E-state index < -0.39 is 0 Å². The Morgan fingerprint density at radius 3 is 2.69 bits per heavy atom. The summed E-state index contributed by atoms with van der Waals surface area (Å²) in [4.78, 5) is 2.23. The Kier molecular flexibility index (Phi) is 7.13. The number of ether oxygens (including phenoxy) is 1. The fourth-order valence-electron chi connectivity index (χ4n) is 1.39. The van der Waals surface area contributed by atoms with Gasteiger partial charge in [0.1, 0.15) is 5.75 Å². The number of benzene rings is 1. The number of likely N-dealkylation sites (N-methyl/N-ethyl adjacent to an activating group) is 1. The highest BCUT2D eigenvalue weighted by Gasteiger charge is 2.07. The largest absolute Gasteiger partial charge is 0.497 e. The Bertz CT molecular complexity index is 307. The maximum Gasteiger partial charge on any atom is 0.119 e. The molecule has 0 aliphatic rings. The summed E-state index contributed by atoms with van der Waals surface area (Å²) in [5, 5.41) is 0. The molecule has 16 heavy (non-hydrogen) atoms. The molecule has 1 aromatic carbocycles. The van der Waals surface area contributed by atoms with Gasteiger partial charge in [0, 0.05) is 19.1 Å². The lowest BCUT2D eigenvalue weighted by Gasteiger charge is -2.23. The van der Waals surface area contributed by atoms with Crippen LogP contribution >= 0.6 is 12.4 Å². The number of halogens is 1. The minimum Gasteiger partial charge on any atom is -0.497 e. The van der Waals surface area contributed by atoms with Crippen molar-refractivity contribution in [2.45, 2.75) is 19.5 Å². The van der Waals surface area contributed by atoms with Gasteiger partial charge in [0.2, 0.25) is 0 Å². The molecule has 0 aliphatic carbocycles. The summed E-state index contributed by atoms with van der Waals surface area (Å²) < 4.78 is 5.18. The van der Waals surface area contributed by atoms with Gasteiger partial charge in [-0.25, -0.2) is 0 Å². The van der Waals surface area contributed by atoms with Crippen molar-refractivity contribution in [1.82, 2.24) is 4.90 Å². The average molecular weight is 245 g/mol. The molecule has 0 radical (unpaired) electrons. The van der Waals surface area contributed by atoms with Gasteiger partial charge in [0.15, 0.2) is 0 Å². The third-order valence-corrected chi connectivity index (χ3v) is 2.66. The molecule has 0 saturated carbocycles. The second kappa shape index (κ2) is 7.49. The molecule has 92 valence electrons. The zero-order valence-electron chi connectivity index (χ0n) is 10.1. The SMILES string of the molecule is COc1cccc(CN(C)C(C)CN)c1.Cl. The predicted octanol–water partition coefficient (Wildman–Crippen LogP) is 1.90. The summed E-state index contributed by atoms with van der Waals surface area (Å²) in [6, 6.07) is 8.52. The van der Waals surface area contributed by atoms with Crippen molar-refractivity contribution in [3.05, 3.63) is 29.8 Å². The van der Waals surface area contributed by atoms with E-state index in [0.717, 1.165) is 12.3 Å². The molecule has 0 saturated heterocycles. The molecule has 0 bridgehead atoms. The third kappa shape index (κ3) is 4.39. The maximum atomic E-state index is 5.62. The number of rotatable bonds is 5. The first kappa shape index (κ1) is 15.2. The molecule has 2 N–H and O–H groups in total. The Morgan fingerprint density at radius 2 is 2.12 bits per heavy atom. The molecule has 1 unspecified atom stereocenters. The maximum absolute atomic E-state index is 5.62. The second-order valence-electron chi connectivity index (χ2n) is 3.85. The van der Waals surface area contributed by atoms with Crippen molar-refractivity contribution in [1.29, 1.82) is 0 Å². The van der Waals surface area contributed by atoms with Gasteiger partial charge in [-0.05, 0) is 31.7 Å². The Morgan fingerprint density at radius 1 is 1.44 bits per heavy atom. The fraction of sp³-hybridized carbons (Fsp3) is 0.500. The van der Waals surface area contributed by atoms with Crippen LogP contribution in [0.4, 0.5) is 0 Å². The highest BCUT2D eigenvalue weighted by atomic mass is 35.5. The van der Waals surface area contributed by atoms with Gasteiger partial charge in [-0.15, -0.1) is 12.4 Å². The number of hydrogen-bond acceptors (Lipinski definition) is 3. The van der Waals surface area contributed by atoms with Crippen LogP contribution in [0.15, 0.2) is 24.3 Å². The van der Waals surface area contributed by atoms with E-state index in [4.69, 9.17) is 10.5 Å². The van der Waals surface area contributed by atoms with Crippen molar-refractivity contribution >= 4 is 12.4 Å². The zero-order chi connectivity index (χ0) is 11.3. The summed E-state index contributed by atoms with van der Waals surface area (Å²) in [5.41, 5.74) is 6.86. The van der Waals surface area contributed by atoms with E-state index in [1.165, 1.54) is 5.56 Å². The smallest absolute Gasteiger partial charge is 0.119 e. The number of nitrogens with two attached hydrogens (primary N) is 1. The first-order valence-electron chi connectivity index (χ1n) is 5.20. The zero-order valence-corrected chi connectivity index (χ0v) is 11.0. The van der Waals surface area contributed by atoms with Crippen molar-refractivity contribution in [2.24, 2.45) is 5.73 Å². The molecule has 0 fully saturated rings. The summed E-state index contributed by atoms with van der Waals surface area (Å²) >= 11 is 0. The van der Waals surface area contributed by atoms with Gasteiger partial charge in [-0.3, -0.25) is 4.90 Å². The second-order valence-corrected chi connectivity index (χ2v) is 3.85. The minimum atomic E-state index is 0. The van der Waals surface area contributed by atoms with Crippen LogP contribution in [0, 0.1) is 0 Å². The molecule has 1 rings (SSSR count). The molecule has 0 spiro atoms. The van der Waals surface area contributed by atoms with Crippen molar-refractivity contribution < 1.29 is 4.74 Å². The summed E-state index contributed by atoms with van der Waals surface area (Å²) in [5.74, 6) is 0.904. The molecule has 1 atom stereocenters. The average Bonchev–Trinajstić information content (AvgIpc) is 2.28. The van der Waals surface area contributed by atoms with E-state index in [1.54, 1.807) is 7.11 Å². The monoisotopic (exact) mass is 244 g/mol. The van der Waals surface area contributed by atoms with Gasteiger partial charge in [0.25, 0.3) is 0 Å². The number of methoxy groups -OCH3 is 1. The number of nitrogens with zero attached hydrogens (tertiary/aromatic N) is 1. The van der Waals surface area contributed by atoms with Gasteiger partial charge in [-0.1, -0.05) is 12.1 Å². The van der Waals surface area contributed by atoms with Crippen molar-refractivity contribution in [3.63, 3.8) is 0 Å². The normalized spacial score (nSPS) is 12.1. The molecule has 0 aromatic heterocycles. The van der Waals surface area contributed by atoms with E-state index in [0.29, 0.717) is 12.6 Å². The van der Waals surface area contributed by atoms with E-state index in [1.807, 2.05) is 12.1 Å². The summed E-state index contributed by atoms with van der Waals surface area (Å²) in [7, 11) is 3.77. The van der Waals surface area contributed by atoms with Gasteiger partial charge < -0.3 is 10.5 Å². The number of hydrogen-bond donors (Lipinski definition) is 1. The lowest BCUT2D eigenvalue weighted by molar-refractivity contribution is 0.254. The summed E-state index contributed by atoms with van der Waals surface area (Å²) in [6.45, 7) is 3.70. The van der Waals surface area contributed by atoms with Crippen LogP contribution in [0.25, 0.3) is 0 Å². The van der Waals surface area contributed by atoms with E-state index in [2.05, 4.69) is 31.0 Å². The topological polar surface area (TPSA) is 38.5 Å². The van der Waals surface area contributed by atoms with Crippen LogP contribution < -0.4 is 10.5 Å². The fourth-order valence-corrected chi connectivity index (χ4v) is 1.39. The molecule has 0 amide bonds. The quantitative estimate of drug-likeness (QED) is 0.860. The first-order chi connectivity index (χ1) is 7.17. The van der Waals surface area contributed by atoms with Gasteiger partial charge in [-0.2, -0.15) is 0 Å². The van der Waals surface area contributed by atoms with Crippen LogP contribution in [0.5, 0.6) is 5.75 Å². The van der Waals surface area contributed by atoms with Crippen LogP contribution in [0.1, 0.15) is 12.5 Å². The van der Waals surface area contributed by atoms with Crippen LogP contribution in [-0.2, 0) is 6.54 Å². The molecule has 4 heteroatoms. The third-order valence-electron chi connectivity index (χ3n) is 2.66. The van der Waals surface area contributed by atoms with E-state index in [-0.39, 0.29) is 12.4 Å². The minimum absolute atomic E-state index is 0. The van der Waals surface area contributed by atoms with Gasteiger partial charge >= 0.3 is 0 Å². The Balaban J connectivity index is 0.00000225. The Labute approximate surface area is 104 Å². The predicted molar refractivity (Wildman–Crippen MR) is 70.2 cm³/mol.